The molecule has 0 aliphatic heterocycles. The number of isocyanates is 2. The Hall–Kier alpha value is -2.77. The highest BCUT2D eigenvalue weighted by Gasteiger charge is 1.92. The van der Waals surface area contributed by atoms with Crippen LogP contribution in [-0.4, -0.2) is 12.2 Å². The Morgan fingerprint density at radius 1 is 0.864 bits per heavy atom. The first kappa shape index (κ1) is 21.5. The molecule has 114 valence electrons. The van der Waals surface area contributed by atoms with Gasteiger partial charge >= 0.3 is 0 Å². The van der Waals surface area contributed by atoms with Gasteiger partial charge in [0.05, 0.1) is 0 Å². The van der Waals surface area contributed by atoms with Crippen molar-refractivity contribution in [3.05, 3.63) is 83.9 Å². The van der Waals surface area contributed by atoms with Crippen molar-refractivity contribution in [3.8, 4) is 0 Å². The lowest BCUT2D eigenvalue weighted by molar-refractivity contribution is 0.562. The first-order valence-electron chi connectivity index (χ1n) is 6.06. The van der Waals surface area contributed by atoms with Crippen molar-refractivity contribution in [1.29, 1.82) is 10.8 Å². The number of benzene rings is 2. The van der Waals surface area contributed by atoms with Crippen molar-refractivity contribution in [3.63, 3.8) is 0 Å². The second-order valence-electron chi connectivity index (χ2n) is 3.51. The highest BCUT2D eigenvalue weighted by molar-refractivity contribution is 6.25. The van der Waals surface area contributed by atoms with Crippen LogP contribution in [-0.2, 0) is 16.0 Å². The van der Waals surface area contributed by atoms with Gasteiger partial charge in [0.25, 0.3) is 0 Å². The molecular weight excluding hydrogens is 300 g/mol. The number of halogens is 1. The molecule has 4 nitrogen and oxygen atoms in total. The molecular formula is C17H17ClN2O2. The van der Waals surface area contributed by atoms with E-state index in [2.05, 4.69) is 67.2 Å². The highest BCUT2D eigenvalue weighted by atomic mass is 35.5. The van der Waals surface area contributed by atoms with Gasteiger partial charge in [-0.3, -0.25) is 0 Å². The first-order chi connectivity index (χ1) is 10.7. The zero-order valence-electron chi connectivity index (χ0n) is 12.0. The Morgan fingerprint density at radius 2 is 1.09 bits per heavy atom. The predicted molar refractivity (Wildman–Crippen MR) is 88.6 cm³/mol. The summed E-state index contributed by atoms with van der Waals surface area (Å²) in [6, 6.07) is 21.1. The molecule has 0 amide bonds. The third-order valence-electron chi connectivity index (χ3n) is 2.09. The van der Waals surface area contributed by atoms with Crippen LogP contribution in [0, 0.1) is 10.8 Å². The third kappa shape index (κ3) is 15.3. The molecule has 2 aromatic carbocycles. The summed E-state index contributed by atoms with van der Waals surface area (Å²) in [6.45, 7) is 3.13. The molecule has 0 heterocycles. The maximum absolute atomic E-state index is 8.35. The van der Waals surface area contributed by atoms with Crippen LogP contribution in [0.15, 0.2) is 72.8 Å². The maximum Gasteiger partial charge on any atom is 0.231 e. The summed E-state index contributed by atoms with van der Waals surface area (Å²) in [5.41, 5.74) is 3.96. The normalized spacial score (nSPS) is 7.14. The monoisotopic (exact) mass is 316 g/mol. The molecule has 0 saturated carbocycles. The van der Waals surface area contributed by atoms with Gasteiger partial charge in [0, 0.05) is 0 Å². The van der Waals surface area contributed by atoms with Crippen LogP contribution in [0.25, 0.3) is 0 Å². The number of hydrogen-bond donors (Lipinski definition) is 2. The molecule has 0 aliphatic carbocycles. The molecule has 0 bridgehead atoms. The minimum absolute atomic E-state index is 0.750. The van der Waals surface area contributed by atoms with Gasteiger partial charge in [0.15, 0.2) is 0 Å². The lowest BCUT2D eigenvalue weighted by atomic mass is 10.1. The first-order valence-corrected chi connectivity index (χ1v) is 6.50. The molecule has 0 unspecified atom stereocenters. The minimum Gasteiger partial charge on any atom is -0.222 e. The van der Waals surface area contributed by atoms with Gasteiger partial charge in [0.1, 0.15) is 0 Å². The van der Waals surface area contributed by atoms with Gasteiger partial charge in [-0.25, -0.2) is 20.4 Å². The van der Waals surface area contributed by atoms with Gasteiger partial charge in [-0.15, -0.1) is 0 Å². The summed E-state index contributed by atoms with van der Waals surface area (Å²) in [6.07, 6.45) is 2.53. The Bertz CT molecular complexity index is 510. The average Bonchev–Trinajstić information content (AvgIpc) is 2.52. The van der Waals surface area contributed by atoms with E-state index in [1.54, 1.807) is 0 Å². The van der Waals surface area contributed by atoms with Gasteiger partial charge < -0.3 is 0 Å². The van der Waals surface area contributed by atoms with E-state index in [0.29, 0.717) is 0 Å². The number of nitrogens with one attached hydrogen (secondary N) is 2. The van der Waals surface area contributed by atoms with E-state index in [0.717, 1.165) is 18.6 Å². The molecule has 2 N–H and O–H groups in total. The van der Waals surface area contributed by atoms with Crippen molar-refractivity contribution in [2.45, 2.75) is 6.42 Å². The largest absolute Gasteiger partial charge is 0.231 e. The fourth-order valence-electron chi connectivity index (χ4n) is 1.43. The lowest BCUT2D eigenvalue weighted by Crippen LogP contribution is -1.85. The van der Waals surface area contributed by atoms with Crippen LogP contribution < -0.4 is 0 Å². The summed E-state index contributed by atoms with van der Waals surface area (Å²) < 4.78 is 0. The molecule has 0 saturated heterocycles. The quantitative estimate of drug-likeness (QED) is 0.634. The highest BCUT2D eigenvalue weighted by Crippen LogP contribution is 2.07. The summed E-state index contributed by atoms with van der Waals surface area (Å²) in [4.78, 5) is 16.7. The Balaban J connectivity index is 0. The fourth-order valence-corrected chi connectivity index (χ4v) is 1.43. The Morgan fingerprint density at radius 3 is 1.32 bits per heavy atom. The summed E-state index contributed by atoms with van der Waals surface area (Å²) in [5.74, 6) is 0. The van der Waals surface area contributed by atoms with Gasteiger partial charge in [-0.2, -0.15) is 0 Å². The third-order valence-corrected chi connectivity index (χ3v) is 2.09. The van der Waals surface area contributed by atoms with E-state index in [-0.39, 0.29) is 0 Å². The molecule has 0 spiro atoms. The number of hydrogen-bond acceptors (Lipinski definition) is 4. The van der Waals surface area contributed by atoms with Crippen LogP contribution in [0.1, 0.15) is 11.1 Å². The van der Waals surface area contributed by atoms with E-state index in [4.69, 9.17) is 32.0 Å². The van der Waals surface area contributed by atoms with E-state index in [1.165, 1.54) is 16.7 Å². The van der Waals surface area contributed by atoms with Crippen molar-refractivity contribution < 1.29 is 9.59 Å². The second kappa shape index (κ2) is 18.2. The average molecular weight is 317 g/mol. The molecule has 2 rings (SSSR count). The minimum atomic E-state index is 0.750. The Kier molecular flexibility index (Phi) is 17.8. The SMILES string of the molecule is C=CCl.N=C=O.N=C=O.c1ccc(Cc2ccccc2)cc1. The topological polar surface area (TPSA) is 81.8 Å². The molecule has 2 aromatic rings. The summed E-state index contributed by atoms with van der Waals surface area (Å²) >= 11 is 4.76. The van der Waals surface area contributed by atoms with Crippen molar-refractivity contribution in [2.24, 2.45) is 0 Å². The van der Waals surface area contributed by atoms with Crippen LogP contribution in [0.2, 0.25) is 0 Å². The van der Waals surface area contributed by atoms with Gasteiger partial charge in [0.2, 0.25) is 12.2 Å². The van der Waals surface area contributed by atoms with Gasteiger partial charge in [-0.05, 0) is 23.1 Å². The molecule has 22 heavy (non-hydrogen) atoms. The van der Waals surface area contributed by atoms with Crippen molar-refractivity contribution in [1.82, 2.24) is 0 Å². The van der Waals surface area contributed by atoms with E-state index < -0.39 is 0 Å². The summed E-state index contributed by atoms with van der Waals surface area (Å²) in [5, 5.41) is 10.8. The van der Waals surface area contributed by atoms with Gasteiger partial charge in [-0.1, -0.05) is 78.8 Å². The predicted octanol–water partition coefficient (Wildman–Crippen LogP) is 4.45. The molecule has 0 aliphatic rings. The molecule has 0 atom stereocenters. The number of rotatable bonds is 2. The number of carbonyl (C=O) groups excluding carboxylic acids is 2. The van der Waals surface area contributed by atoms with Crippen LogP contribution in [0.4, 0.5) is 0 Å². The molecule has 5 heteroatoms. The van der Waals surface area contributed by atoms with Crippen molar-refractivity contribution >= 4 is 23.8 Å². The zero-order chi connectivity index (χ0) is 17.1. The maximum atomic E-state index is 8.35. The summed E-state index contributed by atoms with van der Waals surface area (Å²) in [7, 11) is 0. The zero-order valence-corrected chi connectivity index (χ0v) is 12.7. The Labute approximate surface area is 135 Å². The van der Waals surface area contributed by atoms with Crippen molar-refractivity contribution in [2.75, 3.05) is 0 Å². The molecule has 0 aromatic heterocycles. The van der Waals surface area contributed by atoms with E-state index in [9.17, 15) is 0 Å². The van der Waals surface area contributed by atoms with E-state index >= 15 is 0 Å². The standard InChI is InChI=1S/C13H12.C2H3Cl.2CHNO/c1-3-7-12(8-4-1)11-13-9-5-2-6-10-13;1-2-3;2*2-1-3/h1-10H,11H2;2H,1H2;2*2H. The van der Waals surface area contributed by atoms with Crippen LogP contribution in [0.3, 0.4) is 0 Å². The fraction of sp³-hybridized carbons (Fsp3) is 0.0588. The van der Waals surface area contributed by atoms with E-state index in [1.807, 2.05) is 0 Å². The molecule has 0 radical (unpaired) electrons. The lowest BCUT2D eigenvalue weighted by Gasteiger charge is -2.00. The van der Waals surface area contributed by atoms with Crippen LogP contribution >= 0.6 is 11.6 Å². The van der Waals surface area contributed by atoms with Crippen LogP contribution in [0.5, 0.6) is 0 Å². The smallest absolute Gasteiger partial charge is 0.222 e. The molecule has 0 fully saturated rings. The second-order valence-corrected chi connectivity index (χ2v) is 3.82.